The van der Waals surface area contributed by atoms with Crippen LogP contribution in [0.15, 0.2) is 96.1 Å². The van der Waals surface area contributed by atoms with Gasteiger partial charge in [0.1, 0.15) is 18.1 Å². The molecule has 0 heterocycles. The number of amides is 1. The number of nitrogens with one attached hydrogen (secondary N) is 1. The summed E-state index contributed by atoms with van der Waals surface area (Å²) >= 11 is 12.1. The van der Waals surface area contributed by atoms with Crippen molar-refractivity contribution >= 4 is 41.3 Å². The number of hydrogen-bond donors (Lipinski definition) is 1. The molecular formula is C29H22Cl2N2O4. The number of nitrogens with zero attached hydrogens (tertiary/aromatic N) is 1. The Morgan fingerprint density at radius 3 is 2.30 bits per heavy atom. The maximum Gasteiger partial charge on any atom is 0.343 e. The average molecular weight is 533 g/mol. The van der Waals surface area contributed by atoms with E-state index in [4.69, 9.17) is 32.7 Å². The monoisotopic (exact) mass is 532 g/mol. The van der Waals surface area contributed by atoms with Gasteiger partial charge >= 0.3 is 5.97 Å². The van der Waals surface area contributed by atoms with E-state index in [0.29, 0.717) is 32.7 Å². The van der Waals surface area contributed by atoms with E-state index >= 15 is 0 Å². The fourth-order valence-electron chi connectivity index (χ4n) is 3.32. The second-order valence-corrected chi connectivity index (χ2v) is 8.87. The molecule has 0 bridgehead atoms. The number of carbonyl (C=O) groups is 2. The highest BCUT2D eigenvalue weighted by Crippen LogP contribution is 2.23. The van der Waals surface area contributed by atoms with E-state index in [0.717, 1.165) is 16.7 Å². The molecule has 0 aliphatic rings. The van der Waals surface area contributed by atoms with E-state index in [-0.39, 0.29) is 12.5 Å². The Morgan fingerprint density at radius 2 is 1.59 bits per heavy atom. The standard InChI is InChI=1S/C29H22Cl2N2O4/c1-19-4-2-3-5-26(19)29(35)37-25-12-6-20(7-13-25)17-32-33-28(34)21-9-14-24(15-10-21)36-18-22-8-11-23(30)16-27(22)31/h2-17H,18H2,1H3,(H,33,34)/b32-17-. The molecule has 4 aromatic carbocycles. The van der Waals surface area contributed by atoms with Crippen LogP contribution < -0.4 is 14.9 Å². The normalized spacial score (nSPS) is 10.8. The molecule has 0 radical (unpaired) electrons. The van der Waals surface area contributed by atoms with Gasteiger partial charge in [-0.05, 0) is 84.8 Å². The van der Waals surface area contributed by atoms with Crippen molar-refractivity contribution in [2.75, 3.05) is 0 Å². The zero-order valence-electron chi connectivity index (χ0n) is 19.8. The quantitative estimate of drug-likeness (QED) is 0.116. The molecule has 4 aromatic rings. The summed E-state index contributed by atoms with van der Waals surface area (Å²) < 4.78 is 11.2. The predicted octanol–water partition coefficient (Wildman–Crippen LogP) is 6.86. The Bertz CT molecular complexity index is 1440. The van der Waals surface area contributed by atoms with Crippen LogP contribution in [0.3, 0.4) is 0 Å². The van der Waals surface area contributed by atoms with Crippen molar-refractivity contribution in [2.45, 2.75) is 13.5 Å². The first-order valence-electron chi connectivity index (χ1n) is 11.3. The highest BCUT2D eigenvalue weighted by atomic mass is 35.5. The molecule has 0 spiro atoms. The zero-order chi connectivity index (χ0) is 26.2. The SMILES string of the molecule is Cc1ccccc1C(=O)Oc1ccc(/C=N\NC(=O)c2ccc(OCc3ccc(Cl)cc3Cl)cc2)cc1. The Hall–Kier alpha value is -4.13. The summed E-state index contributed by atoms with van der Waals surface area (Å²) in [5.74, 6) is 0.216. The third-order valence-corrected chi connectivity index (χ3v) is 5.95. The van der Waals surface area contributed by atoms with Gasteiger partial charge in [0.2, 0.25) is 0 Å². The summed E-state index contributed by atoms with van der Waals surface area (Å²) in [5.41, 5.74) is 5.80. The molecule has 37 heavy (non-hydrogen) atoms. The van der Waals surface area contributed by atoms with Crippen molar-refractivity contribution in [3.8, 4) is 11.5 Å². The van der Waals surface area contributed by atoms with Crippen LogP contribution in [0.4, 0.5) is 0 Å². The lowest BCUT2D eigenvalue weighted by Crippen LogP contribution is -2.17. The van der Waals surface area contributed by atoms with Gasteiger partial charge in [-0.1, -0.05) is 47.5 Å². The van der Waals surface area contributed by atoms with E-state index < -0.39 is 5.97 Å². The van der Waals surface area contributed by atoms with Crippen molar-refractivity contribution in [1.29, 1.82) is 0 Å². The molecular weight excluding hydrogens is 511 g/mol. The van der Waals surface area contributed by atoms with Gasteiger partial charge in [-0.3, -0.25) is 4.79 Å². The zero-order valence-corrected chi connectivity index (χ0v) is 21.3. The van der Waals surface area contributed by atoms with Gasteiger partial charge in [-0.2, -0.15) is 5.10 Å². The lowest BCUT2D eigenvalue weighted by atomic mass is 10.1. The number of benzene rings is 4. The Balaban J connectivity index is 1.27. The van der Waals surface area contributed by atoms with Gasteiger partial charge in [-0.25, -0.2) is 10.2 Å². The minimum Gasteiger partial charge on any atom is -0.489 e. The van der Waals surface area contributed by atoms with Crippen molar-refractivity contribution in [1.82, 2.24) is 5.43 Å². The summed E-state index contributed by atoms with van der Waals surface area (Å²) in [6.45, 7) is 2.13. The summed E-state index contributed by atoms with van der Waals surface area (Å²) in [5, 5.41) is 5.08. The maximum atomic E-state index is 12.4. The number of ether oxygens (including phenoxy) is 2. The van der Waals surface area contributed by atoms with Crippen LogP contribution in [0, 0.1) is 6.92 Å². The molecule has 1 N–H and O–H groups in total. The van der Waals surface area contributed by atoms with Crippen LogP contribution in [0.25, 0.3) is 0 Å². The van der Waals surface area contributed by atoms with E-state index in [1.165, 1.54) is 6.21 Å². The van der Waals surface area contributed by atoms with Crippen LogP contribution in [0.1, 0.15) is 37.4 Å². The van der Waals surface area contributed by atoms with Crippen molar-refractivity contribution in [3.63, 3.8) is 0 Å². The lowest BCUT2D eigenvalue weighted by Gasteiger charge is -2.08. The predicted molar refractivity (Wildman–Crippen MR) is 145 cm³/mol. The van der Waals surface area contributed by atoms with Crippen molar-refractivity contribution < 1.29 is 19.1 Å². The summed E-state index contributed by atoms with van der Waals surface area (Å²) in [6, 6.07) is 25.9. The Kier molecular flexibility index (Phi) is 8.56. The van der Waals surface area contributed by atoms with Crippen molar-refractivity contribution in [2.24, 2.45) is 5.10 Å². The summed E-state index contributed by atoms with van der Waals surface area (Å²) in [4.78, 5) is 24.7. The Labute approximate surface area is 224 Å². The van der Waals surface area contributed by atoms with Crippen LogP contribution in [0.5, 0.6) is 11.5 Å². The molecule has 0 aliphatic heterocycles. The highest BCUT2D eigenvalue weighted by Gasteiger charge is 2.11. The van der Waals surface area contributed by atoms with Crippen molar-refractivity contribution in [3.05, 3.63) is 129 Å². The fourth-order valence-corrected chi connectivity index (χ4v) is 3.78. The molecule has 4 rings (SSSR count). The maximum absolute atomic E-state index is 12.4. The minimum absolute atomic E-state index is 0.274. The van der Waals surface area contributed by atoms with E-state index in [1.807, 2.05) is 19.1 Å². The van der Waals surface area contributed by atoms with Crippen LogP contribution in [-0.4, -0.2) is 18.1 Å². The number of aryl methyl sites for hydroxylation is 1. The Morgan fingerprint density at radius 1 is 0.892 bits per heavy atom. The second kappa shape index (κ2) is 12.2. The van der Waals surface area contributed by atoms with Gasteiger partial charge in [0, 0.05) is 21.2 Å². The molecule has 0 saturated heterocycles. The van der Waals surface area contributed by atoms with Gasteiger partial charge in [0.25, 0.3) is 5.91 Å². The molecule has 1 amide bonds. The molecule has 0 aromatic heterocycles. The summed E-state index contributed by atoms with van der Waals surface area (Å²) in [7, 11) is 0. The lowest BCUT2D eigenvalue weighted by molar-refractivity contribution is 0.0733. The minimum atomic E-state index is -0.419. The first-order valence-corrected chi connectivity index (χ1v) is 12.0. The third kappa shape index (κ3) is 7.19. The van der Waals surface area contributed by atoms with Gasteiger partial charge < -0.3 is 9.47 Å². The fraction of sp³-hybridized carbons (Fsp3) is 0.0690. The molecule has 186 valence electrons. The molecule has 0 unspecified atom stereocenters. The van der Waals surface area contributed by atoms with Crippen LogP contribution >= 0.6 is 23.2 Å². The smallest absolute Gasteiger partial charge is 0.343 e. The van der Waals surface area contributed by atoms with E-state index in [1.54, 1.807) is 78.9 Å². The molecule has 6 nitrogen and oxygen atoms in total. The van der Waals surface area contributed by atoms with Gasteiger partial charge in [0.05, 0.1) is 11.8 Å². The molecule has 0 saturated carbocycles. The molecule has 0 fully saturated rings. The molecule has 8 heteroatoms. The van der Waals surface area contributed by atoms with E-state index in [9.17, 15) is 9.59 Å². The number of hydrazone groups is 1. The van der Waals surface area contributed by atoms with Crippen LogP contribution in [0.2, 0.25) is 10.0 Å². The van der Waals surface area contributed by atoms with E-state index in [2.05, 4.69) is 10.5 Å². The number of hydrogen-bond acceptors (Lipinski definition) is 5. The van der Waals surface area contributed by atoms with Crippen LogP contribution in [-0.2, 0) is 6.61 Å². The molecule has 0 aliphatic carbocycles. The van der Waals surface area contributed by atoms with Gasteiger partial charge in [-0.15, -0.1) is 0 Å². The number of carbonyl (C=O) groups excluding carboxylic acids is 2. The number of halogens is 2. The topological polar surface area (TPSA) is 77.0 Å². The number of esters is 1. The first-order chi connectivity index (χ1) is 17.9. The molecule has 0 atom stereocenters. The average Bonchev–Trinajstić information content (AvgIpc) is 2.89. The number of rotatable bonds is 8. The second-order valence-electron chi connectivity index (χ2n) is 8.02. The first kappa shape index (κ1) is 25.9. The highest BCUT2D eigenvalue weighted by molar-refractivity contribution is 6.35. The third-order valence-electron chi connectivity index (χ3n) is 5.36. The largest absolute Gasteiger partial charge is 0.489 e. The summed E-state index contributed by atoms with van der Waals surface area (Å²) in [6.07, 6.45) is 1.50. The van der Waals surface area contributed by atoms with Gasteiger partial charge in [0.15, 0.2) is 0 Å².